The summed E-state index contributed by atoms with van der Waals surface area (Å²) in [5.41, 5.74) is 0.427. The highest BCUT2D eigenvalue weighted by atomic mass is 19.1. The smallest absolute Gasteiger partial charge is 0.265 e. The van der Waals surface area contributed by atoms with Crippen LogP contribution >= 0.6 is 0 Å². The van der Waals surface area contributed by atoms with Crippen molar-refractivity contribution in [3.8, 4) is 0 Å². The number of benzene rings is 1. The molecular formula is C22H22FN3O2. The minimum atomic E-state index is -0.456. The van der Waals surface area contributed by atoms with Crippen molar-refractivity contribution in [3.05, 3.63) is 76.0 Å². The molecule has 144 valence electrons. The first-order valence-corrected chi connectivity index (χ1v) is 9.66. The number of rotatable bonds is 4. The Balaban J connectivity index is 1.75. The first kappa shape index (κ1) is 18.3. The molecule has 0 aliphatic heterocycles. The van der Waals surface area contributed by atoms with Crippen molar-refractivity contribution in [1.29, 1.82) is 0 Å². The van der Waals surface area contributed by atoms with Crippen LogP contribution in [0.1, 0.15) is 48.0 Å². The van der Waals surface area contributed by atoms with E-state index in [-0.39, 0.29) is 24.1 Å². The fourth-order valence-electron chi connectivity index (χ4n) is 3.82. The first-order chi connectivity index (χ1) is 13.6. The van der Waals surface area contributed by atoms with Crippen molar-refractivity contribution < 1.29 is 9.18 Å². The van der Waals surface area contributed by atoms with E-state index in [0.717, 1.165) is 25.7 Å². The van der Waals surface area contributed by atoms with Gasteiger partial charge in [-0.2, -0.15) is 0 Å². The maximum absolute atomic E-state index is 14.2. The van der Waals surface area contributed by atoms with E-state index >= 15 is 0 Å². The van der Waals surface area contributed by atoms with E-state index in [2.05, 4.69) is 10.3 Å². The van der Waals surface area contributed by atoms with Gasteiger partial charge < -0.3 is 5.32 Å². The first-order valence-electron chi connectivity index (χ1n) is 9.66. The van der Waals surface area contributed by atoms with E-state index in [1.54, 1.807) is 42.6 Å². The molecule has 2 heterocycles. The predicted molar refractivity (Wildman–Crippen MR) is 106 cm³/mol. The zero-order chi connectivity index (χ0) is 19.5. The molecule has 0 atom stereocenters. The summed E-state index contributed by atoms with van der Waals surface area (Å²) in [6.45, 7) is 0.0174. The number of halogens is 1. The van der Waals surface area contributed by atoms with Crippen LogP contribution in [-0.4, -0.2) is 21.5 Å². The highest BCUT2D eigenvalue weighted by molar-refractivity contribution is 5.97. The lowest BCUT2D eigenvalue weighted by molar-refractivity contribution is 0.0926. The van der Waals surface area contributed by atoms with Gasteiger partial charge in [0.25, 0.3) is 11.5 Å². The van der Waals surface area contributed by atoms with E-state index in [4.69, 9.17) is 0 Å². The zero-order valence-electron chi connectivity index (χ0n) is 15.5. The molecule has 3 aromatic rings. The monoisotopic (exact) mass is 379 g/mol. The Labute approximate surface area is 162 Å². The van der Waals surface area contributed by atoms with Gasteiger partial charge in [0, 0.05) is 23.2 Å². The van der Waals surface area contributed by atoms with Gasteiger partial charge in [-0.1, -0.05) is 37.5 Å². The SMILES string of the molecule is O=C(NC1CCCCC1)c1cc2cccnc2n(Cc2ccccc2F)c1=O. The molecule has 1 aromatic carbocycles. The number of hydrogen-bond acceptors (Lipinski definition) is 3. The van der Waals surface area contributed by atoms with E-state index in [9.17, 15) is 14.0 Å². The van der Waals surface area contributed by atoms with Crippen molar-refractivity contribution in [3.63, 3.8) is 0 Å². The van der Waals surface area contributed by atoms with Gasteiger partial charge in [0.15, 0.2) is 0 Å². The number of hydrogen-bond donors (Lipinski definition) is 1. The van der Waals surface area contributed by atoms with Gasteiger partial charge in [-0.3, -0.25) is 14.2 Å². The topological polar surface area (TPSA) is 64.0 Å². The van der Waals surface area contributed by atoms with Crippen LogP contribution in [0.5, 0.6) is 0 Å². The number of amides is 1. The number of aromatic nitrogens is 2. The van der Waals surface area contributed by atoms with Crippen LogP contribution in [0.3, 0.4) is 0 Å². The number of nitrogens with one attached hydrogen (secondary N) is 1. The molecule has 0 unspecified atom stereocenters. The van der Waals surface area contributed by atoms with Gasteiger partial charge >= 0.3 is 0 Å². The molecule has 4 rings (SSSR count). The van der Waals surface area contributed by atoms with Crippen LogP contribution in [0.25, 0.3) is 11.0 Å². The van der Waals surface area contributed by atoms with Gasteiger partial charge in [-0.05, 0) is 37.1 Å². The molecule has 1 amide bonds. The van der Waals surface area contributed by atoms with Gasteiger partial charge in [0.1, 0.15) is 17.0 Å². The molecule has 1 aliphatic carbocycles. The summed E-state index contributed by atoms with van der Waals surface area (Å²) in [6.07, 6.45) is 6.81. The standard InChI is InChI=1S/C22H22FN3O2/c23-19-11-5-4-7-16(19)14-26-20-15(8-6-12-24-20)13-18(22(26)28)21(27)25-17-9-2-1-3-10-17/h4-8,11-13,17H,1-3,9-10,14H2,(H,25,27). The number of pyridine rings is 2. The van der Waals surface area contributed by atoms with E-state index in [1.165, 1.54) is 17.1 Å². The second-order valence-electron chi connectivity index (χ2n) is 7.27. The van der Waals surface area contributed by atoms with Crippen molar-refractivity contribution in [2.75, 3.05) is 0 Å². The molecule has 0 spiro atoms. The molecule has 0 bridgehead atoms. The molecular weight excluding hydrogens is 357 g/mol. The summed E-state index contributed by atoms with van der Waals surface area (Å²) in [7, 11) is 0. The fraction of sp³-hybridized carbons (Fsp3) is 0.318. The third-order valence-electron chi connectivity index (χ3n) is 5.32. The van der Waals surface area contributed by atoms with Crippen LogP contribution < -0.4 is 10.9 Å². The van der Waals surface area contributed by atoms with Crippen LogP contribution in [-0.2, 0) is 6.54 Å². The number of nitrogens with zero attached hydrogens (tertiary/aromatic N) is 2. The van der Waals surface area contributed by atoms with Crippen LogP contribution in [0.4, 0.5) is 4.39 Å². The summed E-state index contributed by atoms with van der Waals surface area (Å²) in [6, 6.07) is 11.6. The minimum Gasteiger partial charge on any atom is -0.349 e. The third kappa shape index (κ3) is 3.67. The molecule has 1 N–H and O–H groups in total. The Morgan fingerprint density at radius 3 is 2.71 bits per heavy atom. The fourth-order valence-corrected chi connectivity index (χ4v) is 3.82. The van der Waals surface area contributed by atoms with Crippen LogP contribution in [0, 0.1) is 5.82 Å². The summed E-state index contributed by atoms with van der Waals surface area (Å²) >= 11 is 0. The van der Waals surface area contributed by atoms with E-state index in [0.29, 0.717) is 16.6 Å². The normalized spacial score (nSPS) is 14.9. The second kappa shape index (κ2) is 7.92. The van der Waals surface area contributed by atoms with Gasteiger partial charge in [0.05, 0.1) is 6.54 Å². The number of carbonyl (C=O) groups excluding carboxylic acids is 1. The minimum absolute atomic E-state index is 0.0174. The molecule has 1 fully saturated rings. The lowest BCUT2D eigenvalue weighted by atomic mass is 9.95. The largest absolute Gasteiger partial charge is 0.349 e. The molecule has 0 saturated heterocycles. The highest BCUT2D eigenvalue weighted by Gasteiger charge is 2.21. The Hall–Kier alpha value is -3.02. The summed E-state index contributed by atoms with van der Waals surface area (Å²) < 4.78 is 15.5. The molecule has 28 heavy (non-hydrogen) atoms. The van der Waals surface area contributed by atoms with E-state index in [1.807, 2.05) is 0 Å². The molecule has 0 radical (unpaired) electrons. The number of carbonyl (C=O) groups is 1. The summed E-state index contributed by atoms with van der Waals surface area (Å²) in [5.74, 6) is -0.763. The Bertz CT molecular complexity index is 1070. The molecule has 2 aromatic heterocycles. The number of fused-ring (bicyclic) bond motifs is 1. The molecule has 1 saturated carbocycles. The predicted octanol–water partition coefficient (Wildman–Crippen LogP) is 3.65. The Kier molecular flexibility index (Phi) is 5.19. The maximum Gasteiger partial charge on any atom is 0.265 e. The van der Waals surface area contributed by atoms with Gasteiger partial charge in [-0.25, -0.2) is 9.37 Å². The third-order valence-corrected chi connectivity index (χ3v) is 5.32. The lowest BCUT2D eigenvalue weighted by Gasteiger charge is -2.23. The molecule has 1 aliphatic rings. The zero-order valence-corrected chi connectivity index (χ0v) is 15.5. The summed E-state index contributed by atoms with van der Waals surface area (Å²) in [4.78, 5) is 30.2. The average molecular weight is 379 g/mol. The van der Waals surface area contributed by atoms with Crippen molar-refractivity contribution in [2.45, 2.75) is 44.7 Å². The molecule has 6 heteroatoms. The second-order valence-corrected chi connectivity index (χ2v) is 7.27. The molecule has 5 nitrogen and oxygen atoms in total. The van der Waals surface area contributed by atoms with Gasteiger partial charge in [-0.15, -0.1) is 0 Å². The van der Waals surface area contributed by atoms with E-state index < -0.39 is 11.4 Å². The van der Waals surface area contributed by atoms with Crippen molar-refractivity contribution in [2.24, 2.45) is 0 Å². The van der Waals surface area contributed by atoms with Crippen molar-refractivity contribution >= 4 is 16.9 Å². The Morgan fingerprint density at radius 2 is 1.93 bits per heavy atom. The summed E-state index contributed by atoms with van der Waals surface area (Å²) in [5, 5.41) is 3.67. The quantitative estimate of drug-likeness (QED) is 0.753. The maximum atomic E-state index is 14.2. The Morgan fingerprint density at radius 1 is 1.14 bits per heavy atom. The van der Waals surface area contributed by atoms with Crippen LogP contribution in [0.15, 0.2) is 53.5 Å². The highest BCUT2D eigenvalue weighted by Crippen LogP contribution is 2.18. The van der Waals surface area contributed by atoms with Gasteiger partial charge in [0.2, 0.25) is 0 Å². The van der Waals surface area contributed by atoms with Crippen molar-refractivity contribution in [1.82, 2.24) is 14.9 Å². The average Bonchev–Trinajstić information content (AvgIpc) is 2.72. The lowest BCUT2D eigenvalue weighted by Crippen LogP contribution is -2.40. The van der Waals surface area contributed by atoms with Crippen LogP contribution in [0.2, 0.25) is 0 Å².